The number of nitrogens with one attached hydrogen (secondary N) is 3. The minimum absolute atomic E-state index is 0.0290. The van der Waals surface area contributed by atoms with Gasteiger partial charge in [-0.2, -0.15) is 0 Å². The molecule has 12 nitrogen and oxygen atoms in total. The number of aliphatic hydroxyl groups is 1. The van der Waals surface area contributed by atoms with E-state index in [9.17, 15) is 29.1 Å². The molecule has 1 heterocycles. The van der Waals surface area contributed by atoms with Gasteiger partial charge >= 0.3 is 18.0 Å². The number of carbonyl (C=O) groups excluding carboxylic acids is 4. The lowest BCUT2D eigenvalue weighted by molar-refractivity contribution is -0.155. The molecule has 12 heteroatoms. The van der Waals surface area contributed by atoms with Crippen molar-refractivity contribution in [1.29, 1.82) is 0 Å². The van der Waals surface area contributed by atoms with Gasteiger partial charge in [-0.1, -0.05) is 44.2 Å². The fraction of sp³-hybridized carbons (Fsp3) is 0.522. The molecule has 1 aromatic carbocycles. The first-order valence-electron chi connectivity index (χ1n) is 11.2. The first-order chi connectivity index (χ1) is 16.5. The molecule has 0 radical (unpaired) electrons. The first-order valence-corrected chi connectivity index (χ1v) is 11.2. The van der Waals surface area contributed by atoms with Crippen LogP contribution in [0.5, 0.6) is 0 Å². The predicted octanol–water partition coefficient (Wildman–Crippen LogP) is 0.427. The van der Waals surface area contributed by atoms with E-state index in [0.29, 0.717) is 0 Å². The summed E-state index contributed by atoms with van der Waals surface area (Å²) < 4.78 is 9.72. The Labute approximate surface area is 202 Å². The minimum atomic E-state index is -1.49. The highest BCUT2D eigenvalue weighted by molar-refractivity contribution is 5.92. The van der Waals surface area contributed by atoms with Crippen LogP contribution in [0.3, 0.4) is 0 Å². The molecule has 1 aliphatic rings. The fourth-order valence-electron chi connectivity index (χ4n) is 3.37. The molecule has 0 spiro atoms. The van der Waals surface area contributed by atoms with E-state index in [1.807, 2.05) is 13.8 Å². The molecule has 4 atom stereocenters. The summed E-state index contributed by atoms with van der Waals surface area (Å²) in [5.74, 6) is -3.29. The van der Waals surface area contributed by atoms with E-state index in [0.717, 1.165) is 5.56 Å². The third kappa shape index (κ3) is 9.61. The number of amides is 3. The molecule has 0 aromatic heterocycles. The SMILES string of the molecule is CC(C)C[C@H](NC(=O)[C@H](CCC(=O)O)NC(=O)OCc1ccccc1)C(=O)N[C@H]1CC(=O)OC1O. The normalized spacial score (nSPS) is 18.8. The summed E-state index contributed by atoms with van der Waals surface area (Å²) in [5, 5.41) is 26.1. The van der Waals surface area contributed by atoms with Crippen LogP contribution in [-0.4, -0.2) is 64.5 Å². The van der Waals surface area contributed by atoms with Gasteiger partial charge in [0.05, 0.1) is 6.42 Å². The van der Waals surface area contributed by atoms with Gasteiger partial charge in [0.25, 0.3) is 0 Å². The van der Waals surface area contributed by atoms with Gasteiger partial charge in [-0.3, -0.25) is 19.2 Å². The van der Waals surface area contributed by atoms with Crippen LogP contribution in [0.4, 0.5) is 4.79 Å². The van der Waals surface area contributed by atoms with Crippen molar-refractivity contribution in [2.24, 2.45) is 5.92 Å². The van der Waals surface area contributed by atoms with Crippen molar-refractivity contribution in [3.8, 4) is 0 Å². The first kappa shape index (κ1) is 27.6. The number of hydrogen-bond donors (Lipinski definition) is 5. The molecule has 1 unspecified atom stereocenters. The van der Waals surface area contributed by atoms with E-state index in [4.69, 9.17) is 9.84 Å². The van der Waals surface area contributed by atoms with Gasteiger partial charge in [-0.05, 0) is 24.3 Å². The number of esters is 1. The zero-order chi connectivity index (χ0) is 26.0. The lowest BCUT2D eigenvalue weighted by atomic mass is 10.0. The Bertz CT molecular complexity index is 907. The minimum Gasteiger partial charge on any atom is -0.481 e. The molecule has 192 valence electrons. The summed E-state index contributed by atoms with van der Waals surface area (Å²) >= 11 is 0. The average molecular weight is 494 g/mol. The van der Waals surface area contributed by atoms with Crippen molar-refractivity contribution in [1.82, 2.24) is 16.0 Å². The maximum atomic E-state index is 12.9. The van der Waals surface area contributed by atoms with Crippen molar-refractivity contribution in [3.63, 3.8) is 0 Å². The number of cyclic esters (lactones) is 1. The lowest BCUT2D eigenvalue weighted by Gasteiger charge is -2.25. The third-order valence-corrected chi connectivity index (χ3v) is 5.12. The molecule has 0 aliphatic carbocycles. The fourth-order valence-corrected chi connectivity index (χ4v) is 3.37. The number of carboxylic acids is 1. The summed E-state index contributed by atoms with van der Waals surface area (Å²) in [6, 6.07) is 5.53. The van der Waals surface area contributed by atoms with Crippen LogP contribution < -0.4 is 16.0 Å². The third-order valence-electron chi connectivity index (χ3n) is 5.12. The number of aliphatic hydroxyl groups excluding tert-OH is 1. The maximum absolute atomic E-state index is 12.9. The number of carboxylic acid groups (broad SMARTS) is 1. The molecule has 5 N–H and O–H groups in total. The molecule has 1 fully saturated rings. The highest BCUT2D eigenvalue weighted by atomic mass is 16.6. The van der Waals surface area contributed by atoms with Gasteiger partial charge in [0.2, 0.25) is 18.1 Å². The van der Waals surface area contributed by atoms with Crippen LogP contribution in [0.25, 0.3) is 0 Å². The smallest absolute Gasteiger partial charge is 0.408 e. The van der Waals surface area contributed by atoms with E-state index in [-0.39, 0.29) is 31.8 Å². The number of carbonyl (C=O) groups is 5. The van der Waals surface area contributed by atoms with Gasteiger partial charge < -0.3 is 35.6 Å². The molecule has 3 amide bonds. The zero-order valence-corrected chi connectivity index (χ0v) is 19.6. The van der Waals surface area contributed by atoms with E-state index in [1.165, 1.54) is 0 Å². The second-order valence-electron chi connectivity index (χ2n) is 8.58. The summed E-state index contributed by atoms with van der Waals surface area (Å²) in [6.07, 6.45) is -3.07. The number of alkyl carbamates (subject to hydrolysis) is 1. The zero-order valence-electron chi connectivity index (χ0n) is 19.6. The molecule has 2 rings (SSSR count). The highest BCUT2D eigenvalue weighted by Crippen LogP contribution is 2.14. The maximum Gasteiger partial charge on any atom is 0.408 e. The Balaban J connectivity index is 2.03. The summed E-state index contributed by atoms with van der Waals surface area (Å²) in [6.45, 7) is 3.60. The van der Waals surface area contributed by atoms with Crippen LogP contribution in [0.15, 0.2) is 30.3 Å². The number of ether oxygens (including phenoxy) is 2. The van der Waals surface area contributed by atoms with Crippen LogP contribution in [0, 0.1) is 5.92 Å². The monoisotopic (exact) mass is 493 g/mol. The molecular formula is C23H31N3O9. The van der Waals surface area contributed by atoms with Crippen molar-refractivity contribution in [3.05, 3.63) is 35.9 Å². The number of aliphatic carboxylic acids is 1. The van der Waals surface area contributed by atoms with Crippen molar-refractivity contribution < 1.29 is 43.7 Å². The summed E-state index contributed by atoms with van der Waals surface area (Å²) in [7, 11) is 0. The van der Waals surface area contributed by atoms with Crippen molar-refractivity contribution in [2.45, 2.75) is 70.6 Å². The molecule has 1 aliphatic heterocycles. The summed E-state index contributed by atoms with van der Waals surface area (Å²) in [5.41, 5.74) is 0.722. The molecule has 1 saturated heterocycles. The topological polar surface area (TPSA) is 180 Å². The van der Waals surface area contributed by atoms with Crippen molar-refractivity contribution in [2.75, 3.05) is 0 Å². The molecule has 1 aromatic rings. The van der Waals surface area contributed by atoms with Gasteiger partial charge in [0.1, 0.15) is 24.7 Å². The largest absolute Gasteiger partial charge is 0.481 e. The van der Waals surface area contributed by atoms with Crippen molar-refractivity contribution >= 4 is 29.8 Å². The van der Waals surface area contributed by atoms with Crippen LogP contribution in [-0.2, 0) is 35.3 Å². The van der Waals surface area contributed by atoms with Gasteiger partial charge in [0.15, 0.2) is 0 Å². The number of rotatable bonds is 12. The van der Waals surface area contributed by atoms with Crippen LogP contribution in [0.2, 0.25) is 0 Å². The van der Waals surface area contributed by atoms with Crippen LogP contribution >= 0.6 is 0 Å². The Kier molecular flexibility index (Phi) is 10.5. The Morgan fingerprint density at radius 3 is 2.34 bits per heavy atom. The Morgan fingerprint density at radius 2 is 1.77 bits per heavy atom. The average Bonchev–Trinajstić information content (AvgIpc) is 3.11. The van der Waals surface area contributed by atoms with E-state index in [1.54, 1.807) is 30.3 Å². The second-order valence-corrected chi connectivity index (χ2v) is 8.58. The van der Waals surface area contributed by atoms with E-state index >= 15 is 0 Å². The molecular weight excluding hydrogens is 462 g/mol. The number of hydrogen-bond acceptors (Lipinski definition) is 8. The van der Waals surface area contributed by atoms with E-state index < -0.39 is 60.7 Å². The molecule has 35 heavy (non-hydrogen) atoms. The molecule has 0 saturated carbocycles. The number of benzene rings is 1. The highest BCUT2D eigenvalue weighted by Gasteiger charge is 2.36. The van der Waals surface area contributed by atoms with Gasteiger partial charge in [-0.15, -0.1) is 0 Å². The second kappa shape index (κ2) is 13.3. The lowest BCUT2D eigenvalue weighted by Crippen LogP contribution is -2.56. The van der Waals surface area contributed by atoms with E-state index in [2.05, 4.69) is 20.7 Å². The predicted molar refractivity (Wildman–Crippen MR) is 120 cm³/mol. The Hall–Kier alpha value is -3.67. The summed E-state index contributed by atoms with van der Waals surface area (Å²) in [4.78, 5) is 60.3. The van der Waals surface area contributed by atoms with Gasteiger partial charge in [0, 0.05) is 6.42 Å². The van der Waals surface area contributed by atoms with Gasteiger partial charge in [-0.25, -0.2) is 4.79 Å². The molecule has 0 bridgehead atoms. The quantitative estimate of drug-likeness (QED) is 0.258. The standard InChI is InChI=1S/C23H31N3O9/c1-13(2)10-16(21(31)25-17-11-19(29)35-22(17)32)24-20(30)15(8-9-18(27)28)26-23(33)34-12-14-6-4-3-5-7-14/h3-7,13,15-17,22,32H,8-12H2,1-2H3,(H,24,30)(H,25,31)(H,26,33)(H,27,28)/t15-,16-,17-,22?/m0/s1. The Morgan fingerprint density at radius 1 is 1.09 bits per heavy atom. The van der Waals surface area contributed by atoms with Crippen LogP contribution in [0.1, 0.15) is 45.1 Å².